The minimum Gasteiger partial charge on any atom is -0.478 e. The fraction of sp³-hybridized carbons (Fsp3) is 0.412. The van der Waals surface area contributed by atoms with Gasteiger partial charge in [-0.15, -0.1) is 0 Å². The molecule has 3 N–H and O–H groups in total. The molecule has 0 saturated heterocycles. The second-order valence-electron chi connectivity index (χ2n) is 6.05. The van der Waals surface area contributed by atoms with Crippen molar-refractivity contribution in [3.63, 3.8) is 0 Å². The van der Waals surface area contributed by atoms with Gasteiger partial charge in [-0.05, 0) is 32.9 Å². The van der Waals surface area contributed by atoms with Crippen LogP contribution in [-0.4, -0.2) is 42.1 Å². The molecule has 2 atom stereocenters. The summed E-state index contributed by atoms with van der Waals surface area (Å²) < 4.78 is 10.5. The molecule has 0 aromatic heterocycles. The topological polar surface area (TPSA) is 123 Å². The van der Waals surface area contributed by atoms with Crippen molar-refractivity contribution >= 4 is 29.5 Å². The lowest BCUT2D eigenvalue weighted by molar-refractivity contribution is -0.157. The van der Waals surface area contributed by atoms with Gasteiger partial charge in [-0.2, -0.15) is 0 Å². The predicted molar refractivity (Wildman–Crippen MR) is 91.5 cm³/mol. The number of hydrogen-bond acceptors (Lipinski definition) is 6. The van der Waals surface area contributed by atoms with Crippen LogP contribution in [0.3, 0.4) is 0 Å². The van der Waals surface area contributed by atoms with E-state index < -0.39 is 36.0 Å². The Morgan fingerprint density at radius 2 is 1.92 bits per heavy atom. The summed E-state index contributed by atoms with van der Waals surface area (Å²) in [6, 6.07) is 5.99. The number of para-hydroxylation sites is 2. The minimum atomic E-state index is -1.20. The van der Waals surface area contributed by atoms with Crippen molar-refractivity contribution in [2.24, 2.45) is 0 Å². The van der Waals surface area contributed by atoms with Gasteiger partial charge in [0.2, 0.25) is 0 Å². The molecule has 9 heteroatoms. The van der Waals surface area contributed by atoms with Gasteiger partial charge in [0.05, 0.1) is 12.1 Å². The zero-order valence-electron chi connectivity index (χ0n) is 14.7. The van der Waals surface area contributed by atoms with Gasteiger partial charge in [-0.3, -0.25) is 19.7 Å². The van der Waals surface area contributed by atoms with E-state index in [-0.39, 0.29) is 12.5 Å². The Labute approximate surface area is 150 Å². The largest absolute Gasteiger partial charge is 0.478 e. The molecule has 4 amide bonds. The Morgan fingerprint density at radius 1 is 1.23 bits per heavy atom. The molecule has 0 unspecified atom stereocenters. The van der Waals surface area contributed by atoms with Gasteiger partial charge in [-0.1, -0.05) is 12.1 Å². The molecule has 1 heterocycles. The van der Waals surface area contributed by atoms with Gasteiger partial charge in [0, 0.05) is 6.04 Å². The van der Waals surface area contributed by atoms with Crippen LogP contribution >= 0.6 is 0 Å². The molecule has 0 fully saturated rings. The van der Waals surface area contributed by atoms with Crippen LogP contribution in [0.15, 0.2) is 24.3 Å². The Bertz CT molecular complexity index is 718. The molecule has 1 aromatic rings. The highest BCUT2D eigenvalue weighted by Crippen LogP contribution is 2.29. The van der Waals surface area contributed by atoms with E-state index in [0.717, 1.165) is 0 Å². The molecule has 0 bridgehead atoms. The summed E-state index contributed by atoms with van der Waals surface area (Å²) in [6.45, 7) is 4.80. The summed E-state index contributed by atoms with van der Waals surface area (Å²) in [5.41, 5.74) is 0.519. The number of ether oxygens (including phenoxy) is 2. The highest BCUT2D eigenvalue weighted by molar-refractivity contribution is 6.00. The van der Waals surface area contributed by atoms with Gasteiger partial charge in [0.25, 0.3) is 11.8 Å². The van der Waals surface area contributed by atoms with E-state index in [1.807, 2.05) is 0 Å². The number of rotatable bonds is 5. The molecule has 0 spiro atoms. The number of imide groups is 1. The summed E-state index contributed by atoms with van der Waals surface area (Å²) in [7, 11) is 0. The second-order valence-corrected chi connectivity index (χ2v) is 6.05. The number of urea groups is 1. The summed E-state index contributed by atoms with van der Waals surface area (Å²) in [5.74, 6) is -1.59. The highest BCUT2D eigenvalue weighted by Gasteiger charge is 2.31. The van der Waals surface area contributed by atoms with Crippen LogP contribution < -0.4 is 20.7 Å². The molecular weight excluding hydrogens is 342 g/mol. The third-order valence-corrected chi connectivity index (χ3v) is 3.39. The Morgan fingerprint density at radius 3 is 2.62 bits per heavy atom. The van der Waals surface area contributed by atoms with E-state index >= 15 is 0 Å². The summed E-state index contributed by atoms with van der Waals surface area (Å²) >= 11 is 0. The molecule has 2 rings (SSSR count). The molecule has 26 heavy (non-hydrogen) atoms. The average Bonchev–Trinajstić information content (AvgIpc) is 2.54. The molecule has 1 aliphatic heterocycles. The van der Waals surface area contributed by atoms with Crippen molar-refractivity contribution in [1.82, 2.24) is 10.6 Å². The number of nitrogens with one attached hydrogen (secondary N) is 3. The first-order valence-corrected chi connectivity index (χ1v) is 8.13. The summed E-state index contributed by atoms with van der Waals surface area (Å²) in [6.07, 6.45) is -2.62. The van der Waals surface area contributed by atoms with E-state index in [9.17, 15) is 19.2 Å². The summed E-state index contributed by atoms with van der Waals surface area (Å²) in [4.78, 5) is 47.3. The number of esters is 1. The first-order valence-electron chi connectivity index (χ1n) is 8.13. The number of carbonyl (C=O) groups excluding carboxylic acids is 4. The molecule has 0 radical (unpaired) electrons. The van der Waals surface area contributed by atoms with Crippen molar-refractivity contribution in [3.8, 4) is 5.75 Å². The van der Waals surface area contributed by atoms with Gasteiger partial charge in [0.15, 0.2) is 12.2 Å². The molecule has 1 aromatic carbocycles. The molecule has 1 aliphatic rings. The van der Waals surface area contributed by atoms with Crippen LogP contribution in [0.1, 0.15) is 27.2 Å². The van der Waals surface area contributed by atoms with Crippen molar-refractivity contribution in [2.45, 2.75) is 45.4 Å². The van der Waals surface area contributed by atoms with Crippen LogP contribution in [0, 0.1) is 0 Å². The van der Waals surface area contributed by atoms with Gasteiger partial charge < -0.3 is 20.1 Å². The van der Waals surface area contributed by atoms with Crippen molar-refractivity contribution in [1.29, 1.82) is 0 Å². The van der Waals surface area contributed by atoms with Crippen molar-refractivity contribution < 1.29 is 28.7 Å². The average molecular weight is 363 g/mol. The van der Waals surface area contributed by atoms with E-state index in [1.165, 1.54) is 6.92 Å². The molecule has 140 valence electrons. The fourth-order valence-electron chi connectivity index (χ4n) is 2.19. The minimum absolute atomic E-state index is 0.148. The van der Waals surface area contributed by atoms with Crippen LogP contribution in [-0.2, 0) is 19.1 Å². The molecular formula is C17H21N3O6. The molecule has 9 nitrogen and oxygen atoms in total. The fourth-order valence-corrected chi connectivity index (χ4v) is 2.19. The van der Waals surface area contributed by atoms with Crippen LogP contribution in [0.4, 0.5) is 10.5 Å². The van der Waals surface area contributed by atoms with Crippen LogP contribution in [0.2, 0.25) is 0 Å². The smallest absolute Gasteiger partial charge is 0.321 e. The van der Waals surface area contributed by atoms with E-state index in [0.29, 0.717) is 11.4 Å². The lowest BCUT2D eigenvalue weighted by Gasteiger charge is -2.25. The van der Waals surface area contributed by atoms with E-state index in [2.05, 4.69) is 16.0 Å². The first kappa shape index (κ1) is 19.2. The van der Waals surface area contributed by atoms with Gasteiger partial charge in [0.1, 0.15) is 5.75 Å². The number of carbonyl (C=O) groups is 4. The van der Waals surface area contributed by atoms with Gasteiger partial charge in [-0.25, -0.2) is 4.79 Å². The Balaban J connectivity index is 1.85. The molecule has 0 aliphatic carbocycles. The quantitative estimate of drug-likeness (QED) is 0.669. The van der Waals surface area contributed by atoms with E-state index in [4.69, 9.17) is 9.47 Å². The highest BCUT2D eigenvalue weighted by atomic mass is 16.6. The number of benzene rings is 1. The third-order valence-electron chi connectivity index (χ3n) is 3.39. The van der Waals surface area contributed by atoms with Crippen LogP contribution in [0.5, 0.6) is 5.75 Å². The maximum absolute atomic E-state index is 12.0. The number of amides is 4. The zero-order valence-corrected chi connectivity index (χ0v) is 14.7. The third kappa shape index (κ3) is 5.20. The normalized spacial score (nSPS) is 16.6. The number of hydrogen-bond donors (Lipinski definition) is 3. The monoisotopic (exact) mass is 363 g/mol. The van der Waals surface area contributed by atoms with Crippen molar-refractivity contribution in [3.05, 3.63) is 24.3 Å². The lowest BCUT2D eigenvalue weighted by Crippen LogP contribution is -2.47. The Hall–Kier alpha value is -3.10. The van der Waals surface area contributed by atoms with E-state index in [1.54, 1.807) is 38.1 Å². The standard InChI is InChI=1S/C17H21N3O6/c1-9(2)18-17(24)20-15(22)10(3)25-14(21)8-13-16(23)19-11-6-4-5-7-12(11)26-13/h4-7,9-10,13H,8H2,1-3H3,(H,19,23)(H2,18,20,22,24)/t10-,13-/m1/s1. The zero-order chi connectivity index (χ0) is 19.3. The Kier molecular flexibility index (Phi) is 6.16. The van der Waals surface area contributed by atoms with Crippen molar-refractivity contribution in [2.75, 3.05) is 5.32 Å². The number of anilines is 1. The number of fused-ring (bicyclic) bond motifs is 1. The maximum Gasteiger partial charge on any atom is 0.321 e. The first-order chi connectivity index (χ1) is 12.3. The van der Waals surface area contributed by atoms with Crippen LogP contribution in [0.25, 0.3) is 0 Å². The lowest BCUT2D eigenvalue weighted by atomic mass is 10.1. The second kappa shape index (κ2) is 8.32. The van der Waals surface area contributed by atoms with Gasteiger partial charge >= 0.3 is 12.0 Å². The summed E-state index contributed by atoms with van der Waals surface area (Å²) in [5, 5.41) is 7.18. The SMILES string of the molecule is CC(C)NC(=O)NC(=O)[C@@H](C)OC(=O)C[C@H]1Oc2ccccc2NC1=O. The predicted octanol–water partition coefficient (Wildman–Crippen LogP) is 0.942. The molecule has 0 saturated carbocycles. The maximum atomic E-state index is 12.0.